The van der Waals surface area contributed by atoms with Crippen molar-refractivity contribution in [1.29, 1.82) is 0 Å². The first-order valence-corrected chi connectivity index (χ1v) is 7.55. The number of thioether (sulfide) groups is 1. The standard InChI is InChI=1S/C12H22N4O2S/c1-2-18-9-12-15-10(13)8-11(16-12)14-4-7-19-6-3-5-17/h8,17H,2-7,9H2,1H3,(H3,13,14,15,16). The van der Waals surface area contributed by atoms with Gasteiger partial charge in [0.15, 0.2) is 5.82 Å². The van der Waals surface area contributed by atoms with Crippen molar-refractivity contribution in [2.45, 2.75) is 20.0 Å². The maximum atomic E-state index is 8.66. The molecule has 0 aromatic carbocycles. The third kappa shape index (κ3) is 7.19. The third-order valence-corrected chi connectivity index (χ3v) is 3.30. The zero-order valence-corrected chi connectivity index (χ0v) is 12.1. The quantitative estimate of drug-likeness (QED) is 0.555. The lowest BCUT2D eigenvalue weighted by molar-refractivity contribution is 0.128. The van der Waals surface area contributed by atoms with Crippen molar-refractivity contribution in [2.75, 3.05) is 42.3 Å². The van der Waals surface area contributed by atoms with Gasteiger partial charge in [0.25, 0.3) is 0 Å². The predicted molar refractivity (Wildman–Crippen MR) is 79.3 cm³/mol. The highest BCUT2D eigenvalue weighted by molar-refractivity contribution is 7.99. The van der Waals surface area contributed by atoms with Crippen molar-refractivity contribution >= 4 is 23.4 Å². The first-order chi connectivity index (χ1) is 9.26. The molecule has 0 amide bonds. The van der Waals surface area contributed by atoms with Crippen LogP contribution in [0.1, 0.15) is 19.2 Å². The number of nitrogens with zero attached hydrogens (tertiary/aromatic N) is 2. The van der Waals surface area contributed by atoms with Crippen LogP contribution in [-0.4, -0.2) is 46.3 Å². The number of rotatable bonds is 10. The van der Waals surface area contributed by atoms with E-state index in [4.69, 9.17) is 15.6 Å². The molecule has 19 heavy (non-hydrogen) atoms. The second-order valence-corrected chi connectivity index (χ2v) is 5.07. The van der Waals surface area contributed by atoms with Gasteiger partial charge in [-0.25, -0.2) is 9.97 Å². The lowest BCUT2D eigenvalue weighted by atomic mass is 10.5. The van der Waals surface area contributed by atoms with E-state index in [2.05, 4.69) is 15.3 Å². The van der Waals surface area contributed by atoms with E-state index >= 15 is 0 Å². The summed E-state index contributed by atoms with van der Waals surface area (Å²) in [6.07, 6.45) is 0.837. The van der Waals surface area contributed by atoms with Crippen LogP contribution >= 0.6 is 11.8 Å². The lowest BCUT2D eigenvalue weighted by Crippen LogP contribution is -2.10. The summed E-state index contributed by atoms with van der Waals surface area (Å²) in [7, 11) is 0. The first kappa shape index (κ1) is 16.0. The molecule has 4 N–H and O–H groups in total. The molecule has 1 aromatic rings. The molecule has 0 radical (unpaired) electrons. The van der Waals surface area contributed by atoms with Gasteiger partial charge in [-0.2, -0.15) is 11.8 Å². The van der Waals surface area contributed by atoms with Crippen LogP contribution in [0, 0.1) is 0 Å². The average Bonchev–Trinajstić information content (AvgIpc) is 2.40. The normalized spacial score (nSPS) is 10.6. The van der Waals surface area contributed by atoms with E-state index in [1.165, 1.54) is 0 Å². The number of nitrogens with two attached hydrogens (primary N) is 1. The number of hydrogen-bond acceptors (Lipinski definition) is 7. The van der Waals surface area contributed by atoms with Crippen LogP contribution in [0.15, 0.2) is 6.07 Å². The highest BCUT2D eigenvalue weighted by Crippen LogP contribution is 2.10. The molecule has 1 heterocycles. The van der Waals surface area contributed by atoms with Crippen LogP contribution in [0.3, 0.4) is 0 Å². The average molecular weight is 286 g/mol. The van der Waals surface area contributed by atoms with Crippen LogP contribution in [0.5, 0.6) is 0 Å². The second-order valence-electron chi connectivity index (χ2n) is 3.85. The fourth-order valence-electron chi connectivity index (χ4n) is 1.39. The number of ether oxygens (including phenoxy) is 1. The third-order valence-electron chi connectivity index (χ3n) is 2.23. The van der Waals surface area contributed by atoms with Crippen molar-refractivity contribution < 1.29 is 9.84 Å². The minimum atomic E-state index is 0.254. The van der Waals surface area contributed by atoms with Gasteiger partial charge in [0.05, 0.1) is 0 Å². The molecule has 0 atom stereocenters. The molecule has 0 aliphatic heterocycles. The Morgan fingerprint density at radius 1 is 1.42 bits per heavy atom. The topological polar surface area (TPSA) is 93.3 Å². The fourth-order valence-corrected chi connectivity index (χ4v) is 2.17. The molecule has 0 fully saturated rings. The van der Waals surface area contributed by atoms with Crippen LogP contribution < -0.4 is 11.1 Å². The highest BCUT2D eigenvalue weighted by Gasteiger charge is 2.02. The van der Waals surface area contributed by atoms with E-state index < -0.39 is 0 Å². The SMILES string of the molecule is CCOCc1nc(N)cc(NCCSCCCO)n1. The number of nitrogens with one attached hydrogen (secondary N) is 1. The van der Waals surface area contributed by atoms with Crippen LogP contribution in [-0.2, 0) is 11.3 Å². The molecule has 0 saturated carbocycles. The molecule has 0 bridgehead atoms. The summed E-state index contributed by atoms with van der Waals surface area (Å²) in [5, 5.41) is 11.9. The lowest BCUT2D eigenvalue weighted by Gasteiger charge is -2.08. The molecular formula is C12H22N4O2S. The van der Waals surface area contributed by atoms with E-state index in [-0.39, 0.29) is 6.61 Å². The summed E-state index contributed by atoms with van der Waals surface area (Å²) >= 11 is 1.80. The van der Waals surface area contributed by atoms with Crippen LogP contribution in [0.2, 0.25) is 0 Å². The van der Waals surface area contributed by atoms with E-state index in [1.807, 2.05) is 6.92 Å². The molecule has 0 spiro atoms. The molecule has 7 heteroatoms. The molecule has 1 rings (SSSR count). The molecule has 0 aliphatic carbocycles. The Labute approximate surface area is 118 Å². The highest BCUT2D eigenvalue weighted by atomic mass is 32.2. The maximum Gasteiger partial charge on any atom is 0.158 e. The van der Waals surface area contributed by atoms with Gasteiger partial charge in [-0.3, -0.25) is 0 Å². The van der Waals surface area contributed by atoms with Gasteiger partial charge < -0.3 is 20.9 Å². The molecule has 108 valence electrons. The van der Waals surface area contributed by atoms with Crippen LogP contribution in [0.4, 0.5) is 11.6 Å². The summed E-state index contributed by atoms with van der Waals surface area (Å²) in [4.78, 5) is 8.44. The summed E-state index contributed by atoms with van der Waals surface area (Å²) in [5.74, 6) is 3.70. The van der Waals surface area contributed by atoms with Crippen molar-refractivity contribution in [3.8, 4) is 0 Å². The Balaban J connectivity index is 2.34. The van der Waals surface area contributed by atoms with Gasteiger partial charge in [0.2, 0.25) is 0 Å². The fraction of sp³-hybridized carbons (Fsp3) is 0.667. The second kappa shape index (κ2) is 9.82. The smallest absolute Gasteiger partial charge is 0.158 e. The molecule has 6 nitrogen and oxygen atoms in total. The number of anilines is 2. The van der Waals surface area contributed by atoms with Gasteiger partial charge in [0, 0.05) is 31.6 Å². The van der Waals surface area contributed by atoms with Crippen molar-refractivity contribution in [2.24, 2.45) is 0 Å². The van der Waals surface area contributed by atoms with Crippen molar-refractivity contribution in [3.63, 3.8) is 0 Å². The zero-order chi connectivity index (χ0) is 13.9. The number of aliphatic hydroxyl groups excluding tert-OH is 1. The maximum absolute atomic E-state index is 8.66. The Morgan fingerprint density at radius 3 is 3.00 bits per heavy atom. The van der Waals surface area contributed by atoms with Gasteiger partial charge in [-0.1, -0.05) is 0 Å². The van der Waals surface area contributed by atoms with Crippen LogP contribution in [0.25, 0.3) is 0 Å². The molecule has 0 unspecified atom stereocenters. The summed E-state index contributed by atoms with van der Waals surface area (Å²) in [6, 6.07) is 1.72. The summed E-state index contributed by atoms with van der Waals surface area (Å²) in [6.45, 7) is 3.99. The van der Waals surface area contributed by atoms with E-state index in [0.717, 1.165) is 30.3 Å². The molecule has 0 saturated heterocycles. The predicted octanol–water partition coefficient (Wildman–Crippen LogP) is 1.12. The van der Waals surface area contributed by atoms with E-state index in [0.29, 0.717) is 24.9 Å². The monoisotopic (exact) mass is 286 g/mol. The number of aliphatic hydroxyl groups is 1. The first-order valence-electron chi connectivity index (χ1n) is 6.40. The number of aromatic nitrogens is 2. The largest absolute Gasteiger partial charge is 0.396 e. The molecular weight excluding hydrogens is 264 g/mol. The Kier molecular flexibility index (Phi) is 8.28. The minimum Gasteiger partial charge on any atom is -0.396 e. The Hall–Kier alpha value is -1.05. The molecule has 0 aliphatic rings. The minimum absolute atomic E-state index is 0.254. The number of nitrogen functional groups attached to an aromatic ring is 1. The Bertz CT molecular complexity index is 366. The van der Waals surface area contributed by atoms with Crippen molar-refractivity contribution in [3.05, 3.63) is 11.9 Å². The van der Waals surface area contributed by atoms with Gasteiger partial charge in [-0.05, 0) is 19.1 Å². The van der Waals surface area contributed by atoms with E-state index in [9.17, 15) is 0 Å². The van der Waals surface area contributed by atoms with Gasteiger partial charge in [-0.15, -0.1) is 0 Å². The van der Waals surface area contributed by atoms with Gasteiger partial charge >= 0.3 is 0 Å². The van der Waals surface area contributed by atoms with Gasteiger partial charge in [0.1, 0.15) is 18.2 Å². The van der Waals surface area contributed by atoms with E-state index in [1.54, 1.807) is 17.8 Å². The molecule has 1 aromatic heterocycles. The Morgan fingerprint density at radius 2 is 2.26 bits per heavy atom. The zero-order valence-electron chi connectivity index (χ0n) is 11.3. The number of hydrogen-bond donors (Lipinski definition) is 3. The summed E-state index contributed by atoms with van der Waals surface area (Å²) in [5.41, 5.74) is 5.72. The summed E-state index contributed by atoms with van der Waals surface area (Å²) < 4.78 is 5.26. The van der Waals surface area contributed by atoms with Crippen molar-refractivity contribution in [1.82, 2.24) is 9.97 Å².